The van der Waals surface area contributed by atoms with Crippen molar-refractivity contribution >= 4 is 29.1 Å². The van der Waals surface area contributed by atoms with Crippen LogP contribution in [0.25, 0.3) is 0 Å². The highest BCUT2D eigenvalue weighted by atomic mass is 35.5. The van der Waals surface area contributed by atoms with E-state index in [-0.39, 0.29) is 18.4 Å². The maximum Gasteiger partial charge on any atom is 0.268 e. The monoisotopic (exact) mass is 346 g/mol. The number of hydrogen-bond donors (Lipinski definition) is 2. The molecule has 6 nitrogen and oxygen atoms in total. The highest BCUT2D eigenvalue weighted by Crippen LogP contribution is 2.20. The third kappa shape index (κ3) is 3.89. The molecule has 2 N–H and O–H groups in total. The number of benzene rings is 1. The summed E-state index contributed by atoms with van der Waals surface area (Å²) in [7, 11) is 0. The second-order valence-corrected chi connectivity index (χ2v) is 6.05. The standard InChI is InChI=1S/C17H19ClN4O2/c18-13-3-1-4-14(11-13)21-7-9-22(10-8-21)16(23)12-20-17(24)15-5-2-6-19-15/h1-6,11,19H,7-10,12H2,(H,20,24). The predicted molar refractivity (Wildman–Crippen MR) is 93.4 cm³/mol. The fourth-order valence-corrected chi connectivity index (χ4v) is 2.91. The lowest BCUT2D eigenvalue weighted by Gasteiger charge is -2.36. The third-order valence-electron chi connectivity index (χ3n) is 4.05. The molecule has 1 aliphatic rings. The Kier molecular flexibility index (Phi) is 5.05. The van der Waals surface area contributed by atoms with Crippen LogP contribution in [0, 0.1) is 0 Å². The van der Waals surface area contributed by atoms with Gasteiger partial charge in [0.05, 0.1) is 6.54 Å². The van der Waals surface area contributed by atoms with Crippen LogP contribution < -0.4 is 10.2 Å². The number of amides is 2. The van der Waals surface area contributed by atoms with E-state index in [1.165, 1.54) is 0 Å². The lowest BCUT2D eigenvalue weighted by molar-refractivity contribution is -0.130. The van der Waals surface area contributed by atoms with E-state index < -0.39 is 0 Å². The molecule has 1 saturated heterocycles. The van der Waals surface area contributed by atoms with Crippen LogP contribution in [0.4, 0.5) is 5.69 Å². The molecule has 0 radical (unpaired) electrons. The van der Waals surface area contributed by atoms with Crippen molar-refractivity contribution in [1.29, 1.82) is 0 Å². The maximum absolute atomic E-state index is 12.2. The number of aromatic nitrogens is 1. The molecular weight excluding hydrogens is 328 g/mol. The molecule has 0 atom stereocenters. The van der Waals surface area contributed by atoms with Gasteiger partial charge < -0.3 is 20.1 Å². The number of carbonyl (C=O) groups excluding carboxylic acids is 2. The number of rotatable bonds is 4. The topological polar surface area (TPSA) is 68.4 Å². The number of aromatic amines is 1. The Labute approximate surface area is 145 Å². The van der Waals surface area contributed by atoms with E-state index in [0.717, 1.165) is 18.8 Å². The summed E-state index contributed by atoms with van der Waals surface area (Å²) < 4.78 is 0. The molecular formula is C17H19ClN4O2. The summed E-state index contributed by atoms with van der Waals surface area (Å²) >= 11 is 6.02. The summed E-state index contributed by atoms with van der Waals surface area (Å²) in [5, 5.41) is 3.35. The summed E-state index contributed by atoms with van der Waals surface area (Å²) in [5.41, 5.74) is 1.52. The van der Waals surface area contributed by atoms with Crippen LogP contribution in [0.3, 0.4) is 0 Å². The number of H-pyrrole nitrogens is 1. The van der Waals surface area contributed by atoms with Crippen LogP contribution in [-0.2, 0) is 4.79 Å². The van der Waals surface area contributed by atoms with Gasteiger partial charge in [-0.15, -0.1) is 0 Å². The average molecular weight is 347 g/mol. The lowest BCUT2D eigenvalue weighted by atomic mass is 10.2. The molecule has 1 aliphatic heterocycles. The van der Waals surface area contributed by atoms with Crippen molar-refractivity contribution < 1.29 is 9.59 Å². The smallest absolute Gasteiger partial charge is 0.268 e. The number of nitrogens with one attached hydrogen (secondary N) is 2. The van der Waals surface area contributed by atoms with Gasteiger partial charge in [0, 0.05) is 43.1 Å². The quantitative estimate of drug-likeness (QED) is 0.886. The first-order valence-corrected chi connectivity index (χ1v) is 8.21. The van der Waals surface area contributed by atoms with Gasteiger partial charge in [0.15, 0.2) is 0 Å². The van der Waals surface area contributed by atoms with Crippen molar-refractivity contribution in [2.75, 3.05) is 37.6 Å². The molecule has 126 valence electrons. The van der Waals surface area contributed by atoms with Gasteiger partial charge in [-0.2, -0.15) is 0 Å². The normalized spacial score (nSPS) is 14.5. The van der Waals surface area contributed by atoms with Crippen LogP contribution in [0.15, 0.2) is 42.6 Å². The minimum Gasteiger partial charge on any atom is -0.368 e. The zero-order valence-electron chi connectivity index (χ0n) is 13.2. The van der Waals surface area contributed by atoms with Gasteiger partial charge in [0.1, 0.15) is 5.69 Å². The summed E-state index contributed by atoms with van der Waals surface area (Å²) in [5.74, 6) is -0.341. The third-order valence-corrected chi connectivity index (χ3v) is 4.28. The minimum absolute atomic E-state index is 0.00895. The molecule has 0 unspecified atom stereocenters. The van der Waals surface area contributed by atoms with Gasteiger partial charge in [-0.05, 0) is 30.3 Å². The van der Waals surface area contributed by atoms with Crippen molar-refractivity contribution in [2.45, 2.75) is 0 Å². The van der Waals surface area contributed by atoms with Gasteiger partial charge in [-0.1, -0.05) is 17.7 Å². The SMILES string of the molecule is O=C(NCC(=O)N1CCN(c2cccc(Cl)c2)CC1)c1ccc[nH]1. The van der Waals surface area contributed by atoms with Crippen LogP contribution in [0.5, 0.6) is 0 Å². The fraction of sp³-hybridized carbons (Fsp3) is 0.294. The molecule has 1 aromatic carbocycles. The van der Waals surface area contributed by atoms with Crippen LogP contribution >= 0.6 is 11.6 Å². The first-order chi connectivity index (χ1) is 11.6. The Morgan fingerprint density at radius 3 is 2.58 bits per heavy atom. The summed E-state index contributed by atoms with van der Waals surface area (Å²) in [4.78, 5) is 30.8. The second-order valence-electron chi connectivity index (χ2n) is 5.61. The molecule has 2 amide bonds. The molecule has 1 aromatic heterocycles. The highest BCUT2D eigenvalue weighted by molar-refractivity contribution is 6.30. The second kappa shape index (κ2) is 7.40. The summed E-state index contributed by atoms with van der Waals surface area (Å²) in [6, 6.07) is 11.1. The van der Waals surface area contributed by atoms with Crippen molar-refractivity contribution in [2.24, 2.45) is 0 Å². The largest absolute Gasteiger partial charge is 0.368 e. The Bertz CT molecular complexity index is 709. The average Bonchev–Trinajstić information content (AvgIpc) is 3.14. The van der Waals surface area contributed by atoms with Crippen LogP contribution in [0.2, 0.25) is 5.02 Å². The Morgan fingerprint density at radius 1 is 1.12 bits per heavy atom. The Hall–Kier alpha value is -2.47. The van der Waals surface area contributed by atoms with Gasteiger partial charge in [-0.25, -0.2) is 0 Å². The van der Waals surface area contributed by atoms with Gasteiger partial charge in [0.2, 0.25) is 5.91 Å². The molecule has 24 heavy (non-hydrogen) atoms. The van der Waals surface area contributed by atoms with Crippen molar-refractivity contribution in [1.82, 2.24) is 15.2 Å². The zero-order valence-corrected chi connectivity index (χ0v) is 13.9. The van der Waals surface area contributed by atoms with Gasteiger partial charge in [0.25, 0.3) is 5.91 Å². The van der Waals surface area contributed by atoms with E-state index in [4.69, 9.17) is 11.6 Å². The van der Waals surface area contributed by atoms with E-state index in [2.05, 4.69) is 15.2 Å². The number of hydrogen-bond acceptors (Lipinski definition) is 3. The zero-order chi connectivity index (χ0) is 16.9. The first kappa shape index (κ1) is 16.4. The first-order valence-electron chi connectivity index (χ1n) is 7.83. The van der Waals surface area contributed by atoms with Crippen molar-refractivity contribution in [3.8, 4) is 0 Å². The number of carbonyl (C=O) groups is 2. The van der Waals surface area contributed by atoms with Crippen LogP contribution in [0.1, 0.15) is 10.5 Å². The summed E-state index contributed by atoms with van der Waals surface area (Å²) in [6.07, 6.45) is 1.67. The number of nitrogens with zero attached hydrogens (tertiary/aromatic N) is 2. The molecule has 0 saturated carbocycles. The molecule has 3 rings (SSSR count). The fourth-order valence-electron chi connectivity index (χ4n) is 2.72. The summed E-state index contributed by atoms with van der Waals surface area (Å²) in [6.45, 7) is 2.76. The Balaban J connectivity index is 1.47. The molecule has 2 heterocycles. The maximum atomic E-state index is 12.2. The van der Waals surface area contributed by atoms with E-state index >= 15 is 0 Å². The van der Waals surface area contributed by atoms with Gasteiger partial charge in [-0.3, -0.25) is 9.59 Å². The van der Waals surface area contributed by atoms with E-state index in [0.29, 0.717) is 23.8 Å². The van der Waals surface area contributed by atoms with Crippen molar-refractivity contribution in [3.05, 3.63) is 53.3 Å². The van der Waals surface area contributed by atoms with Gasteiger partial charge >= 0.3 is 0 Å². The molecule has 7 heteroatoms. The number of halogens is 1. The molecule has 0 bridgehead atoms. The minimum atomic E-state index is -0.272. The number of anilines is 1. The predicted octanol–water partition coefficient (Wildman–Crippen LogP) is 1.75. The lowest BCUT2D eigenvalue weighted by Crippen LogP contribution is -2.51. The van der Waals surface area contributed by atoms with E-state index in [1.54, 1.807) is 23.2 Å². The Morgan fingerprint density at radius 2 is 1.92 bits per heavy atom. The molecule has 2 aromatic rings. The number of piperazine rings is 1. The highest BCUT2D eigenvalue weighted by Gasteiger charge is 2.21. The molecule has 0 aliphatic carbocycles. The van der Waals surface area contributed by atoms with Crippen molar-refractivity contribution in [3.63, 3.8) is 0 Å². The molecule has 1 fully saturated rings. The van der Waals surface area contributed by atoms with E-state index in [9.17, 15) is 9.59 Å². The molecule has 0 spiro atoms. The van der Waals surface area contributed by atoms with E-state index in [1.807, 2.05) is 24.3 Å². The van der Waals surface area contributed by atoms with Crippen LogP contribution in [-0.4, -0.2) is 54.4 Å².